The van der Waals surface area contributed by atoms with E-state index in [9.17, 15) is 9.59 Å². The van der Waals surface area contributed by atoms with E-state index >= 15 is 0 Å². The summed E-state index contributed by atoms with van der Waals surface area (Å²) in [6.07, 6.45) is -1.16. The maximum absolute atomic E-state index is 12.3. The van der Waals surface area contributed by atoms with Gasteiger partial charge in [-0.25, -0.2) is 9.59 Å². The van der Waals surface area contributed by atoms with Crippen molar-refractivity contribution in [2.75, 3.05) is 17.2 Å². The predicted octanol–water partition coefficient (Wildman–Crippen LogP) is 6.38. The number of hydrogen-bond acceptors (Lipinski definition) is 5. The molecule has 2 amide bonds. The SMILES string of the molecule is Cc1ccc(NC(=O)Nc2cccc(OC(COC(=O)OC(C)(C)C)C(C)(C)C)c2)cc1. The summed E-state index contributed by atoms with van der Waals surface area (Å²) in [4.78, 5) is 24.2. The average molecular weight is 443 g/mol. The lowest BCUT2D eigenvalue weighted by atomic mass is 9.89. The van der Waals surface area contributed by atoms with Gasteiger partial charge in [0.25, 0.3) is 0 Å². The number of benzene rings is 2. The Morgan fingerprint density at radius 2 is 1.53 bits per heavy atom. The number of anilines is 2. The molecule has 0 radical (unpaired) electrons. The standard InChI is InChI=1S/C25H34N2O5/c1-17-11-13-18(14-12-17)26-22(28)27-19-9-8-10-20(15-19)31-21(24(2,3)4)16-30-23(29)32-25(5,6)7/h8-15,21H,16H2,1-7H3,(H2,26,27,28). The van der Waals surface area contributed by atoms with Crippen LogP contribution in [0.25, 0.3) is 0 Å². The summed E-state index contributed by atoms with van der Waals surface area (Å²) in [6, 6.07) is 14.2. The summed E-state index contributed by atoms with van der Waals surface area (Å²) < 4.78 is 16.6. The van der Waals surface area contributed by atoms with Crippen molar-refractivity contribution in [3.8, 4) is 5.75 Å². The molecule has 2 aromatic rings. The fraction of sp³-hybridized carbons (Fsp3) is 0.440. The van der Waals surface area contributed by atoms with Crippen LogP contribution in [-0.4, -0.2) is 30.5 Å². The zero-order valence-corrected chi connectivity index (χ0v) is 19.9. The van der Waals surface area contributed by atoms with Crippen molar-refractivity contribution in [3.05, 3.63) is 54.1 Å². The smallest absolute Gasteiger partial charge is 0.486 e. The zero-order valence-electron chi connectivity index (χ0n) is 19.9. The first-order valence-corrected chi connectivity index (χ1v) is 10.6. The normalized spacial score (nSPS) is 12.5. The van der Waals surface area contributed by atoms with Gasteiger partial charge in [-0.2, -0.15) is 0 Å². The molecule has 0 fully saturated rings. The molecule has 2 N–H and O–H groups in total. The van der Waals surface area contributed by atoms with E-state index in [1.54, 1.807) is 45.0 Å². The summed E-state index contributed by atoms with van der Waals surface area (Å²) in [5.74, 6) is 0.547. The number of nitrogens with one attached hydrogen (secondary N) is 2. The van der Waals surface area contributed by atoms with E-state index in [-0.39, 0.29) is 18.1 Å². The first-order chi connectivity index (χ1) is 14.8. The third-order valence-corrected chi connectivity index (χ3v) is 4.39. The average Bonchev–Trinajstić information content (AvgIpc) is 2.65. The molecule has 1 atom stereocenters. The van der Waals surface area contributed by atoms with Crippen LogP contribution in [0.2, 0.25) is 0 Å². The Bertz CT molecular complexity index is 911. The van der Waals surface area contributed by atoms with Crippen LogP contribution in [0.1, 0.15) is 47.1 Å². The molecule has 2 aromatic carbocycles. The van der Waals surface area contributed by atoms with Crippen molar-refractivity contribution in [2.45, 2.75) is 60.2 Å². The predicted molar refractivity (Wildman–Crippen MR) is 126 cm³/mol. The molecule has 0 aliphatic rings. The third-order valence-electron chi connectivity index (χ3n) is 4.39. The summed E-state index contributed by atoms with van der Waals surface area (Å²) in [5.41, 5.74) is 1.45. The number of aryl methyl sites for hydroxylation is 1. The molecule has 0 saturated heterocycles. The Labute approximate surface area is 190 Å². The monoisotopic (exact) mass is 442 g/mol. The lowest BCUT2D eigenvalue weighted by Crippen LogP contribution is -2.38. The van der Waals surface area contributed by atoms with Gasteiger partial charge in [-0.3, -0.25) is 0 Å². The number of amides is 2. The van der Waals surface area contributed by atoms with E-state index < -0.39 is 17.9 Å². The van der Waals surface area contributed by atoms with Gasteiger partial charge in [-0.15, -0.1) is 0 Å². The molecule has 1 unspecified atom stereocenters. The second-order valence-corrected chi connectivity index (χ2v) is 9.72. The number of hydrogen-bond donors (Lipinski definition) is 2. The molecule has 32 heavy (non-hydrogen) atoms. The number of urea groups is 1. The lowest BCUT2D eigenvalue weighted by Gasteiger charge is -2.31. The highest BCUT2D eigenvalue weighted by molar-refractivity contribution is 5.99. The Morgan fingerprint density at radius 1 is 0.906 bits per heavy atom. The second-order valence-electron chi connectivity index (χ2n) is 9.72. The van der Waals surface area contributed by atoms with Gasteiger partial charge >= 0.3 is 12.2 Å². The maximum Gasteiger partial charge on any atom is 0.508 e. The highest BCUT2D eigenvalue weighted by Crippen LogP contribution is 2.27. The van der Waals surface area contributed by atoms with Gasteiger partial charge in [-0.1, -0.05) is 44.5 Å². The van der Waals surface area contributed by atoms with E-state index in [0.717, 1.165) is 5.56 Å². The van der Waals surface area contributed by atoms with Crippen LogP contribution in [0.15, 0.2) is 48.5 Å². The van der Waals surface area contributed by atoms with Crippen LogP contribution in [0.4, 0.5) is 21.0 Å². The molecule has 0 aromatic heterocycles. The molecule has 0 aliphatic heterocycles. The summed E-state index contributed by atoms with van der Waals surface area (Å²) in [6.45, 7) is 13.3. The van der Waals surface area contributed by atoms with E-state index in [4.69, 9.17) is 14.2 Å². The van der Waals surface area contributed by atoms with Crippen LogP contribution in [-0.2, 0) is 9.47 Å². The lowest BCUT2D eigenvalue weighted by molar-refractivity contribution is -0.0372. The van der Waals surface area contributed by atoms with Crippen LogP contribution < -0.4 is 15.4 Å². The van der Waals surface area contributed by atoms with E-state index in [1.165, 1.54) is 0 Å². The highest BCUT2D eigenvalue weighted by Gasteiger charge is 2.29. The zero-order chi connectivity index (χ0) is 23.9. The Morgan fingerprint density at radius 3 is 2.12 bits per heavy atom. The number of carbonyl (C=O) groups is 2. The molecule has 0 heterocycles. The van der Waals surface area contributed by atoms with Crippen LogP contribution in [0.5, 0.6) is 5.75 Å². The molecule has 0 spiro atoms. The van der Waals surface area contributed by atoms with Crippen molar-refractivity contribution >= 4 is 23.6 Å². The fourth-order valence-corrected chi connectivity index (χ4v) is 2.63. The maximum atomic E-state index is 12.3. The highest BCUT2D eigenvalue weighted by atomic mass is 16.7. The van der Waals surface area contributed by atoms with Gasteiger partial charge in [0.05, 0.1) is 0 Å². The van der Waals surface area contributed by atoms with Crippen molar-refractivity contribution in [2.24, 2.45) is 5.41 Å². The minimum Gasteiger partial charge on any atom is -0.486 e. The Kier molecular flexibility index (Phi) is 8.14. The van der Waals surface area contributed by atoms with E-state index in [0.29, 0.717) is 17.1 Å². The number of rotatable bonds is 6. The summed E-state index contributed by atoms with van der Waals surface area (Å²) in [7, 11) is 0. The summed E-state index contributed by atoms with van der Waals surface area (Å²) >= 11 is 0. The molecular weight excluding hydrogens is 408 g/mol. The van der Waals surface area contributed by atoms with Crippen molar-refractivity contribution in [1.29, 1.82) is 0 Å². The van der Waals surface area contributed by atoms with Gasteiger partial charge in [0.2, 0.25) is 0 Å². The Hall–Kier alpha value is -3.22. The topological polar surface area (TPSA) is 85.9 Å². The van der Waals surface area contributed by atoms with E-state index in [1.807, 2.05) is 52.0 Å². The van der Waals surface area contributed by atoms with Crippen molar-refractivity contribution < 1.29 is 23.8 Å². The molecule has 7 nitrogen and oxygen atoms in total. The largest absolute Gasteiger partial charge is 0.508 e. The van der Waals surface area contributed by atoms with Crippen LogP contribution in [0.3, 0.4) is 0 Å². The van der Waals surface area contributed by atoms with Gasteiger partial charge in [0.1, 0.15) is 24.1 Å². The molecular formula is C25H34N2O5. The number of ether oxygens (including phenoxy) is 3. The Balaban J connectivity index is 2.00. The molecule has 174 valence electrons. The fourth-order valence-electron chi connectivity index (χ4n) is 2.63. The first-order valence-electron chi connectivity index (χ1n) is 10.6. The van der Waals surface area contributed by atoms with Gasteiger partial charge in [0, 0.05) is 22.9 Å². The quantitative estimate of drug-likeness (QED) is 0.507. The minimum atomic E-state index is -0.737. The van der Waals surface area contributed by atoms with Crippen LogP contribution in [0, 0.1) is 12.3 Å². The first kappa shape index (κ1) is 25.0. The van der Waals surface area contributed by atoms with Gasteiger partial charge in [0.15, 0.2) is 0 Å². The van der Waals surface area contributed by atoms with Crippen LogP contribution >= 0.6 is 0 Å². The molecule has 2 rings (SSSR count). The van der Waals surface area contributed by atoms with Crippen molar-refractivity contribution in [3.63, 3.8) is 0 Å². The van der Waals surface area contributed by atoms with Gasteiger partial charge in [-0.05, 0) is 52.0 Å². The molecule has 0 aliphatic carbocycles. The number of carbonyl (C=O) groups excluding carboxylic acids is 2. The third kappa shape index (κ3) is 8.88. The molecule has 0 bridgehead atoms. The van der Waals surface area contributed by atoms with Crippen molar-refractivity contribution in [1.82, 2.24) is 0 Å². The second kappa shape index (κ2) is 10.4. The minimum absolute atomic E-state index is 0.0317. The molecule has 7 heteroatoms. The van der Waals surface area contributed by atoms with Gasteiger partial charge < -0.3 is 24.8 Å². The summed E-state index contributed by atoms with van der Waals surface area (Å²) in [5, 5.41) is 5.59. The molecule has 0 saturated carbocycles. The van der Waals surface area contributed by atoms with E-state index in [2.05, 4.69) is 10.6 Å².